The summed E-state index contributed by atoms with van der Waals surface area (Å²) in [4.78, 5) is 43.5. The standard InChI is InChI=1S/C28H38N4O4S/c33-25(30-21-6-1-2-7-21)18-37-28-31-24-10-4-3-9-23(24)27(35)32(28)17-19-11-13-20(14-12-19)26(34)29-16-22-8-5-15-36-22/h3-4,9-10,19-22H,1-2,5-8,11-18H2,(H,29,34)(H,30,33). The molecule has 2 saturated carbocycles. The number of para-hydroxylation sites is 1. The summed E-state index contributed by atoms with van der Waals surface area (Å²) in [6.07, 6.45) is 10.1. The highest BCUT2D eigenvalue weighted by molar-refractivity contribution is 7.99. The molecule has 1 aliphatic heterocycles. The molecule has 200 valence electrons. The Kier molecular flexibility index (Phi) is 8.81. The molecule has 1 saturated heterocycles. The molecule has 1 atom stereocenters. The quantitative estimate of drug-likeness (QED) is 0.382. The van der Waals surface area contributed by atoms with E-state index in [0.29, 0.717) is 35.1 Å². The Labute approximate surface area is 222 Å². The van der Waals surface area contributed by atoms with Gasteiger partial charge in [0.15, 0.2) is 5.16 Å². The number of benzene rings is 1. The van der Waals surface area contributed by atoms with Crippen LogP contribution in [0, 0.1) is 11.8 Å². The number of carbonyl (C=O) groups is 2. The fourth-order valence-corrected chi connectivity index (χ4v) is 6.74. The zero-order valence-electron chi connectivity index (χ0n) is 21.5. The fraction of sp³-hybridized carbons (Fsp3) is 0.643. The molecule has 2 amide bonds. The molecule has 0 bridgehead atoms. The van der Waals surface area contributed by atoms with Gasteiger partial charge < -0.3 is 15.4 Å². The van der Waals surface area contributed by atoms with Gasteiger partial charge in [0.1, 0.15) is 0 Å². The number of nitrogens with zero attached hydrogens (tertiary/aromatic N) is 2. The smallest absolute Gasteiger partial charge is 0.262 e. The zero-order valence-corrected chi connectivity index (χ0v) is 22.3. The number of thioether (sulfide) groups is 1. The van der Waals surface area contributed by atoms with Crippen molar-refractivity contribution in [1.29, 1.82) is 0 Å². The van der Waals surface area contributed by atoms with Gasteiger partial charge in [-0.1, -0.05) is 36.7 Å². The van der Waals surface area contributed by atoms with Crippen LogP contribution >= 0.6 is 11.8 Å². The summed E-state index contributed by atoms with van der Waals surface area (Å²) in [5.41, 5.74) is 0.606. The summed E-state index contributed by atoms with van der Waals surface area (Å²) in [5, 5.41) is 7.40. The summed E-state index contributed by atoms with van der Waals surface area (Å²) in [6, 6.07) is 7.68. The molecule has 1 unspecified atom stereocenters. The normalized spacial score (nSPS) is 24.4. The Morgan fingerprint density at radius 1 is 1.03 bits per heavy atom. The van der Waals surface area contributed by atoms with Crippen molar-refractivity contribution in [3.05, 3.63) is 34.6 Å². The number of carbonyl (C=O) groups excluding carboxylic acids is 2. The summed E-state index contributed by atoms with van der Waals surface area (Å²) in [7, 11) is 0. The van der Waals surface area contributed by atoms with Crippen molar-refractivity contribution in [2.75, 3.05) is 18.9 Å². The molecule has 37 heavy (non-hydrogen) atoms. The predicted octanol–water partition coefficient (Wildman–Crippen LogP) is 3.65. The van der Waals surface area contributed by atoms with E-state index in [1.807, 2.05) is 24.3 Å². The van der Waals surface area contributed by atoms with Crippen LogP contribution in [-0.2, 0) is 20.9 Å². The Morgan fingerprint density at radius 3 is 2.57 bits per heavy atom. The molecule has 1 aromatic carbocycles. The molecule has 2 aromatic rings. The highest BCUT2D eigenvalue weighted by atomic mass is 32.2. The molecule has 9 heteroatoms. The number of hydrogen-bond acceptors (Lipinski definition) is 6. The summed E-state index contributed by atoms with van der Waals surface area (Å²) < 4.78 is 7.38. The summed E-state index contributed by atoms with van der Waals surface area (Å²) in [6.45, 7) is 1.96. The van der Waals surface area contributed by atoms with Gasteiger partial charge in [0.2, 0.25) is 11.8 Å². The molecule has 2 N–H and O–H groups in total. The van der Waals surface area contributed by atoms with Crippen LogP contribution in [-0.4, -0.2) is 52.4 Å². The van der Waals surface area contributed by atoms with Gasteiger partial charge in [0.25, 0.3) is 5.56 Å². The lowest BCUT2D eigenvalue weighted by molar-refractivity contribution is -0.126. The van der Waals surface area contributed by atoms with Crippen molar-refractivity contribution in [3.63, 3.8) is 0 Å². The van der Waals surface area contributed by atoms with Gasteiger partial charge in [0, 0.05) is 31.7 Å². The molecule has 3 aliphatic rings. The van der Waals surface area contributed by atoms with Gasteiger partial charge in [-0.15, -0.1) is 0 Å². The average molecular weight is 527 g/mol. The summed E-state index contributed by atoms with van der Waals surface area (Å²) >= 11 is 1.34. The minimum absolute atomic E-state index is 0.000354. The maximum Gasteiger partial charge on any atom is 0.262 e. The van der Waals surface area contributed by atoms with Gasteiger partial charge in [-0.05, 0) is 69.4 Å². The second-order valence-electron chi connectivity index (χ2n) is 10.8. The second kappa shape index (κ2) is 12.4. The lowest BCUT2D eigenvalue weighted by Gasteiger charge is -2.29. The number of hydrogen-bond donors (Lipinski definition) is 2. The van der Waals surface area contributed by atoms with Crippen LogP contribution in [0.4, 0.5) is 0 Å². The molecule has 2 heterocycles. The van der Waals surface area contributed by atoms with Crippen molar-refractivity contribution in [1.82, 2.24) is 20.2 Å². The topological polar surface area (TPSA) is 102 Å². The highest BCUT2D eigenvalue weighted by Gasteiger charge is 2.28. The third kappa shape index (κ3) is 6.74. The molecule has 1 aromatic heterocycles. The van der Waals surface area contributed by atoms with Crippen molar-refractivity contribution in [2.45, 2.75) is 88.1 Å². The van der Waals surface area contributed by atoms with Crippen molar-refractivity contribution < 1.29 is 14.3 Å². The van der Waals surface area contributed by atoms with E-state index in [1.54, 1.807) is 4.57 Å². The van der Waals surface area contributed by atoms with E-state index in [-0.39, 0.29) is 41.2 Å². The van der Waals surface area contributed by atoms with Gasteiger partial charge >= 0.3 is 0 Å². The molecule has 2 aliphatic carbocycles. The maximum absolute atomic E-state index is 13.5. The van der Waals surface area contributed by atoms with Crippen LogP contribution in [0.25, 0.3) is 10.9 Å². The average Bonchev–Trinajstić information content (AvgIpc) is 3.63. The van der Waals surface area contributed by atoms with Crippen molar-refractivity contribution in [3.8, 4) is 0 Å². The minimum Gasteiger partial charge on any atom is -0.376 e. The van der Waals surface area contributed by atoms with Gasteiger partial charge in [0.05, 0.1) is 22.8 Å². The molecule has 5 rings (SSSR count). The van der Waals surface area contributed by atoms with Crippen LogP contribution in [0.5, 0.6) is 0 Å². The Hall–Kier alpha value is -2.39. The SMILES string of the molecule is O=C(CSc1nc2ccccc2c(=O)n1CC1CCC(C(=O)NCC2CCCO2)CC1)NC1CCCC1. The molecule has 0 spiro atoms. The first-order valence-electron chi connectivity index (χ1n) is 13.9. The highest BCUT2D eigenvalue weighted by Crippen LogP contribution is 2.31. The van der Waals surface area contributed by atoms with E-state index in [1.165, 1.54) is 24.6 Å². The molecule has 0 radical (unpaired) electrons. The van der Waals surface area contributed by atoms with Crippen LogP contribution in [0.15, 0.2) is 34.2 Å². The number of nitrogens with one attached hydrogen (secondary N) is 2. The van der Waals surface area contributed by atoms with Crippen LogP contribution in [0.1, 0.15) is 64.2 Å². The van der Waals surface area contributed by atoms with Gasteiger partial charge in [-0.25, -0.2) is 4.98 Å². The van der Waals surface area contributed by atoms with Crippen LogP contribution in [0.2, 0.25) is 0 Å². The van der Waals surface area contributed by atoms with Gasteiger partial charge in [-0.2, -0.15) is 0 Å². The minimum atomic E-state index is -0.0549. The van der Waals surface area contributed by atoms with Crippen molar-refractivity contribution >= 4 is 34.5 Å². The monoisotopic (exact) mass is 526 g/mol. The zero-order chi connectivity index (χ0) is 25.6. The first-order chi connectivity index (χ1) is 18.1. The number of aromatic nitrogens is 2. The number of fused-ring (bicyclic) bond motifs is 1. The Morgan fingerprint density at radius 2 is 1.81 bits per heavy atom. The molecule has 3 fully saturated rings. The van der Waals surface area contributed by atoms with Crippen molar-refractivity contribution in [2.24, 2.45) is 11.8 Å². The van der Waals surface area contributed by atoms with E-state index >= 15 is 0 Å². The van der Waals surface area contributed by atoms with E-state index < -0.39 is 0 Å². The second-order valence-corrected chi connectivity index (χ2v) is 11.7. The van der Waals surface area contributed by atoms with E-state index in [4.69, 9.17) is 9.72 Å². The molecule has 8 nitrogen and oxygen atoms in total. The number of ether oxygens (including phenoxy) is 1. The molecular formula is C28H38N4O4S. The Bertz CT molecular complexity index is 1150. The van der Waals surface area contributed by atoms with E-state index in [0.717, 1.165) is 58.0 Å². The number of rotatable bonds is 9. The van der Waals surface area contributed by atoms with E-state index in [2.05, 4.69) is 10.6 Å². The predicted molar refractivity (Wildman–Crippen MR) is 145 cm³/mol. The lowest BCUT2D eigenvalue weighted by atomic mass is 9.81. The maximum atomic E-state index is 13.5. The fourth-order valence-electron chi connectivity index (χ4n) is 5.92. The number of amides is 2. The van der Waals surface area contributed by atoms with Gasteiger partial charge in [-0.3, -0.25) is 19.0 Å². The van der Waals surface area contributed by atoms with E-state index in [9.17, 15) is 14.4 Å². The molecular weight excluding hydrogens is 488 g/mol. The largest absolute Gasteiger partial charge is 0.376 e. The van der Waals surface area contributed by atoms with Crippen LogP contribution < -0.4 is 16.2 Å². The Balaban J connectivity index is 1.21. The third-order valence-electron chi connectivity index (χ3n) is 8.07. The third-order valence-corrected chi connectivity index (χ3v) is 9.04. The lowest BCUT2D eigenvalue weighted by Crippen LogP contribution is -2.38. The first-order valence-corrected chi connectivity index (χ1v) is 14.9. The summed E-state index contributed by atoms with van der Waals surface area (Å²) in [5.74, 6) is 0.703. The first kappa shape index (κ1) is 26.2. The van der Waals surface area contributed by atoms with Crippen LogP contribution in [0.3, 0.4) is 0 Å².